The van der Waals surface area contributed by atoms with Gasteiger partial charge >= 0.3 is 0 Å². The molecule has 1 atom stereocenters. The van der Waals surface area contributed by atoms with Gasteiger partial charge in [-0.3, -0.25) is 14.6 Å². The first-order chi connectivity index (χ1) is 12.2. The van der Waals surface area contributed by atoms with Crippen molar-refractivity contribution in [3.63, 3.8) is 0 Å². The first kappa shape index (κ1) is 20.1. The van der Waals surface area contributed by atoms with E-state index in [0.29, 0.717) is 32.1 Å². The molecule has 0 spiro atoms. The summed E-state index contributed by atoms with van der Waals surface area (Å²) < 4.78 is 0. The average molecular weight is 359 g/mol. The molecule has 2 heterocycles. The van der Waals surface area contributed by atoms with E-state index in [1.54, 1.807) is 26.2 Å². The molecule has 6 heteroatoms. The smallest absolute Gasteiger partial charge is 0.291 e. The predicted octanol–water partition coefficient (Wildman–Crippen LogP) is 1.52. The van der Waals surface area contributed by atoms with Crippen molar-refractivity contribution >= 4 is 17.7 Å². The molecule has 1 unspecified atom stereocenters. The summed E-state index contributed by atoms with van der Waals surface area (Å²) in [6, 6.07) is 3.77. The van der Waals surface area contributed by atoms with E-state index in [-0.39, 0.29) is 13.0 Å². The number of aliphatic carboxylic acids is 1. The number of carbonyl (C=O) groups excluding carboxylic acids is 3. The van der Waals surface area contributed by atoms with Crippen LogP contribution in [0.15, 0.2) is 24.5 Å². The molecule has 26 heavy (non-hydrogen) atoms. The van der Waals surface area contributed by atoms with Gasteiger partial charge in [0.25, 0.3) is 5.91 Å². The lowest BCUT2D eigenvalue weighted by Crippen LogP contribution is -2.60. The Labute approximate surface area is 154 Å². The molecule has 1 saturated heterocycles. The molecule has 6 nitrogen and oxygen atoms in total. The maximum absolute atomic E-state index is 12.8. The van der Waals surface area contributed by atoms with Crippen molar-refractivity contribution < 1.29 is 19.5 Å². The quantitative estimate of drug-likeness (QED) is 0.657. The van der Waals surface area contributed by atoms with E-state index in [4.69, 9.17) is 0 Å². The summed E-state index contributed by atoms with van der Waals surface area (Å²) >= 11 is 0. The van der Waals surface area contributed by atoms with Crippen molar-refractivity contribution in [2.75, 3.05) is 6.54 Å². The zero-order chi connectivity index (χ0) is 19.4. The monoisotopic (exact) mass is 359 g/mol. The fourth-order valence-corrected chi connectivity index (χ4v) is 3.45. The predicted molar refractivity (Wildman–Crippen MR) is 94.9 cm³/mol. The van der Waals surface area contributed by atoms with Gasteiger partial charge in [0.05, 0.1) is 11.5 Å². The van der Waals surface area contributed by atoms with Crippen LogP contribution >= 0.6 is 0 Å². The highest BCUT2D eigenvalue weighted by Crippen LogP contribution is 2.35. The summed E-state index contributed by atoms with van der Waals surface area (Å²) in [6.45, 7) is 5.55. The fraction of sp³-hybridized carbons (Fsp3) is 0.600. The molecule has 1 fully saturated rings. The van der Waals surface area contributed by atoms with Crippen molar-refractivity contribution in [3.05, 3.63) is 30.1 Å². The van der Waals surface area contributed by atoms with Gasteiger partial charge in [-0.05, 0) is 50.2 Å². The second kappa shape index (κ2) is 7.98. The Hall–Kier alpha value is -2.24. The molecule has 1 amide bonds. The molecule has 1 aliphatic rings. The molecule has 0 bridgehead atoms. The number of carbonyl (C=O) groups is 3. The van der Waals surface area contributed by atoms with Crippen LogP contribution in [0.25, 0.3) is 0 Å². The van der Waals surface area contributed by atoms with Gasteiger partial charge in [0, 0.05) is 24.4 Å². The van der Waals surface area contributed by atoms with Gasteiger partial charge in [-0.15, -0.1) is 0 Å². The Kier molecular flexibility index (Phi) is 6.16. The third kappa shape index (κ3) is 3.94. The van der Waals surface area contributed by atoms with E-state index in [9.17, 15) is 19.5 Å². The standard InChI is InChI=1S/C20H28N2O4/c1-4-19(2,3)16(23)17(24)22-13-7-11-20(22,18(25)26)10-5-8-15-9-6-12-21-14-15/h6,9,12,14H,4-5,7-8,10-11,13H2,1-3H3,(H,25,26)/p-1. The highest BCUT2D eigenvalue weighted by atomic mass is 16.4. The number of carboxylic acid groups (broad SMARTS) is 1. The van der Waals surface area contributed by atoms with Crippen molar-refractivity contribution in [1.29, 1.82) is 0 Å². The Morgan fingerprint density at radius 2 is 2.08 bits per heavy atom. The molecule has 0 saturated carbocycles. The number of hydrogen-bond acceptors (Lipinski definition) is 5. The van der Waals surface area contributed by atoms with Gasteiger partial charge in [0.15, 0.2) is 0 Å². The van der Waals surface area contributed by atoms with Gasteiger partial charge in [0.2, 0.25) is 5.78 Å². The maximum Gasteiger partial charge on any atom is 0.291 e. The molecule has 0 radical (unpaired) electrons. The van der Waals surface area contributed by atoms with E-state index in [1.807, 2.05) is 19.1 Å². The van der Waals surface area contributed by atoms with Crippen molar-refractivity contribution in [3.8, 4) is 0 Å². The molecule has 0 N–H and O–H groups in total. The fourth-order valence-electron chi connectivity index (χ4n) is 3.45. The molecule has 142 valence electrons. The molecule has 0 aromatic carbocycles. The van der Waals surface area contributed by atoms with Crippen LogP contribution in [0.3, 0.4) is 0 Å². The number of likely N-dealkylation sites (tertiary alicyclic amines) is 1. The number of amides is 1. The first-order valence-corrected chi connectivity index (χ1v) is 9.21. The second-order valence-corrected chi connectivity index (χ2v) is 7.66. The number of hydrogen-bond donors (Lipinski definition) is 0. The number of ketones is 1. The Balaban J connectivity index is 2.16. The molecule has 1 aromatic rings. The summed E-state index contributed by atoms with van der Waals surface area (Å²) in [5, 5.41) is 12.0. The van der Waals surface area contributed by atoms with Crippen molar-refractivity contribution in [2.24, 2.45) is 5.41 Å². The Morgan fingerprint density at radius 1 is 1.35 bits per heavy atom. The van der Waals surface area contributed by atoms with Crippen LogP contribution < -0.4 is 5.11 Å². The SMILES string of the molecule is CCC(C)(C)C(=O)C(=O)N1CCCC1(CCCc1cccnc1)C(=O)[O-]. The minimum Gasteiger partial charge on any atom is -0.548 e. The van der Waals surface area contributed by atoms with Crippen LogP contribution in [0, 0.1) is 5.41 Å². The van der Waals surface area contributed by atoms with Gasteiger partial charge in [-0.1, -0.05) is 26.8 Å². The Bertz CT molecular complexity index is 672. The van der Waals surface area contributed by atoms with E-state index >= 15 is 0 Å². The number of aromatic nitrogens is 1. The van der Waals surface area contributed by atoms with Crippen LogP contribution in [0.2, 0.25) is 0 Å². The van der Waals surface area contributed by atoms with Crippen LogP contribution in [0.1, 0.15) is 58.4 Å². The third-order valence-electron chi connectivity index (χ3n) is 5.59. The molecule has 1 aromatic heterocycles. The molecule has 1 aliphatic heterocycles. The van der Waals surface area contributed by atoms with E-state index in [2.05, 4.69) is 4.98 Å². The first-order valence-electron chi connectivity index (χ1n) is 9.21. The highest BCUT2D eigenvalue weighted by Gasteiger charge is 2.48. The topological polar surface area (TPSA) is 90.4 Å². The van der Waals surface area contributed by atoms with Gasteiger partial charge in [-0.2, -0.15) is 0 Å². The third-order valence-corrected chi connectivity index (χ3v) is 5.59. The van der Waals surface area contributed by atoms with Gasteiger partial charge < -0.3 is 14.8 Å². The number of aryl methyl sites for hydroxylation is 1. The van der Waals surface area contributed by atoms with E-state index < -0.39 is 28.6 Å². The summed E-state index contributed by atoms with van der Waals surface area (Å²) in [6.07, 6.45) is 6.36. The summed E-state index contributed by atoms with van der Waals surface area (Å²) in [5.74, 6) is -2.49. The number of Topliss-reactive ketones (excluding diaryl/α,β-unsaturated/α-hetero) is 1. The largest absolute Gasteiger partial charge is 0.548 e. The van der Waals surface area contributed by atoms with Crippen LogP contribution in [0.5, 0.6) is 0 Å². The van der Waals surface area contributed by atoms with Gasteiger partial charge in [0.1, 0.15) is 0 Å². The molecule has 0 aliphatic carbocycles. The van der Waals surface area contributed by atoms with Crippen molar-refractivity contribution in [1.82, 2.24) is 9.88 Å². The summed E-state index contributed by atoms with van der Waals surface area (Å²) in [4.78, 5) is 42.7. The number of carboxylic acids is 1. The lowest BCUT2D eigenvalue weighted by Gasteiger charge is -2.40. The number of nitrogens with zero attached hydrogens (tertiary/aromatic N) is 2. The van der Waals surface area contributed by atoms with Crippen molar-refractivity contribution in [2.45, 2.75) is 64.8 Å². The molecule has 2 rings (SSSR count). The van der Waals surface area contributed by atoms with E-state index in [0.717, 1.165) is 5.56 Å². The minimum absolute atomic E-state index is 0.274. The summed E-state index contributed by atoms with van der Waals surface area (Å²) in [7, 11) is 0. The lowest BCUT2D eigenvalue weighted by molar-refractivity contribution is -0.318. The lowest BCUT2D eigenvalue weighted by atomic mass is 9.83. The minimum atomic E-state index is -1.39. The number of rotatable bonds is 8. The maximum atomic E-state index is 12.8. The highest BCUT2D eigenvalue weighted by molar-refractivity contribution is 6.38. The van der Waals surface area contributed by atoms with Gasteiger partial charge in [-0.25, -0.2) is 0 Å². The zero-order valence-electron chi connectivity index (χ0n) is 15.8. The summed E-state index contributed by atoms with van der Waals surface area (Å²) in [5.41, 5.74) is -1.17. The van der Waals surface area contributed by atoms with Crippen LogP contribution in [0.4, 0.5) is 0 Å². The van der Waals surface area contributed by atoms with E-state index in [1.165, 1.54) is 4.90 Å². The van der Waals surface area contributed by atoms with Crippen LogP contribution in [-0.4, -0.2) is 39.6 Å². The average Bonchev–Trinajstić information content (AvgIpc) is 3.06. The normalized spacial score (nSPS) is 20.2. The molecular formula is C20H27N2O4-. The zero-order valence-corrected chi connectivity index (χ0v) is 15.8. The molecular weight excluding hydrogens is 332 g/mol. The Morgan fingerprint density at radius 3 is 2.65 bits per heavy atom. The van der Waals surface area contributed by atoms with Crippen LogP contribution in [-0.2, 0) is 20.8 Å². The number of pyridine rings is 1. The second-order valence-electron chi connectivity index (χ2n) is 7.66.